The molecule has 6 heteroatoms. The predicted octanol–water partition coefficient (Wildman–Crippen LogP) is 2.40. The molecule has 1 aromatic heterocycles. The van der Waals surface area contributed by atoms with Crippen molar-refractivity contribution in [3.63, 3.8) is 0 Å². The summed E-state index contributed by atoms with van der Waals surface area (Å²) in [4.78, 5) is 12.6. The van der Waals surface area contributed by atoms with Crippen molar-refractivity contribution < 1.29 is 0 Å². The maximum Gasteiger partial charge on any atom is 0.191 e. The molecule has 0 saturated heterocycles. The van der Waals surface area contributed by atoms with Crippen LogP contribution in [0.15, 0.2) is 4.99 Å². The van der Waals surface area contributed by atoms with Gasteiger partial charge in [0.2, 0.25) is 0 Å². The summed E-state index contributed by atoms with van der Waals surface area (Å²) in [6.07, 6.45) is 0. The maximum absolute atomic E-state index is 4.69. The normalized spacial score (nSPS) is 12.8. The van der Waals surface area contributed by atoms with Crippen LogP contribution in [0.1, 0.15) is 36.3 Å². The Balaban J connectivity index is 2.64. The number of aromatic nitrogens is 1. The fraction of sp³-hybridized carbons (Fsp3) is 0.750. The van der Waals surface area contributed by atoms with Crippen LogP contribution in [0.5, 0.6) is 0 Å². The first-order valence-electron chi connectivity index (χ1n) is 7.83. The number of thiazole rings is 1. The van der Waals surface area contributed by atoms with Crippen LogP contribution in [0.3, 0.4) is 0 Å². The van der Waals surface area contributed by atoms with Gasteiger partial charge in [-0.1, -0.05) is 13.8 Å². The van der Waals surface area contributed by atoms with Crippen LogP contribution in [0.4, 0.5) is 0 Å². The Hall–Kier alpha value is -1.14. The first-order valence-corrected chi connectivity index (χ1v) is 8.65. The van der Waals surface area contributed by atoms with Crippen molar-refractivity contribution in [1.29, 1.82) is 0 Å². The topological polar surface area (TPSA) is 52.6 Å². The van der Waals surface area contributed by atoms with Gasteiger partial charge in [-0.2, -0.15) is 0 Å². The standard InChI is InChI=1S/C16H31N5S/c1-8-17-15(19-10-16(4,5)11-21(6)7)18-9-14-12(2)20-13(3)22-14/h8-11H2,1-7H3,(H2,17,18,19). The molecule has 0 spiro atoms. The van der Waals surface area contributed by atoms with Crippen molar-refractivity contribution in [1.82, 2.24) is 20.5 Å². The minimum atomic E-state index is 0.191. The van der Waals surface area contributed by atoms with E-state index in [0.717, 1.165) is 36.3 Å². The third-order valence-corrected chi connectivity index (χ3v) is 4.26. The fourth-order valence-electron chi connectivity index (χ4n) is 2.45. The van der Waals surface area contributed by atoms with E-state index in [-0.39, 0.29) is 5.41 Å². The molecule has 126 valence electrons. The van der Waals surface area contributed by atoms with Crippen LogP contribution < -0.4 is 10.6 Å². The van der Waals surface area contributed by atoms with Gasteiger partial charge in [-0.3, -0.25) is 0 Å². The molecule has 0 amide bonds. The fourth-order valence-corrected chi connectivity index (χ4v) is 3.31. The summed E-state index contributed by atoms with van der Waals surface area (Å²) in [6.45, 7) is 14.2. The van der Waals surface area contributed by atoms with Gasteiger partial charge in [-0.25, -0.2) is 9.98 Å². The van der Waals surface area contributed by atoms with E-state index in [1.807, 2.05) is 6.92 Å². The predicted molar refractivity (Wildman–Crippen MR) is 96.7 cm³/mol. The molecule has 0 fully saturated rings. The zero-order valence-corrected chi connectivity index (χ0v) is 15.9. The Kier molecular flexibility index (Phi) is 7.29. The first kappa shape index (κ1) is 18.9. The summed E-state index contributed by atoms with van der Waals surface area (Å²) in [5, 5.41) is 7.88. The van der Waals surface area contributed by atoms with Crippen molar-refractivity contribution in [3.8, 4) is 0 Å². The molecule has 2 N–H and O–H groups in total. The molecule has 0 saturated carbocycles. The van der Waals surface area contributed by atoms with E-state index in [4.69, 9.17) is 4.99 Å². The van der Waals surface area contributed by atoms with Gasteiger partial charge in [0.15, 0.2) is 5.96 Å². The van der Waals surface area contributed by atoms with Gasteiger partial charge in [0.1, 0.15) is 0 Å². The summed E-state index contributed by atoms with van der Waals surface area (Å²) in [5.41, 5.74) is 1.28. The second-order valence-corrected chi connectivity index (χ2v) is 7.98. The Labute approximate surface area is 139 Å². The summed E-state index contributed by atoms with van der Waals surface area (Å²) in [6, 6.07) is 0. The molecular formula is C16H31N5S. The summed E-state index contributed by atoms with van der Waals surface area (Å²) in [7, 11) is 4.21. The van der Waals surface area contributed by atoms with Crippen LogP contribution >= 0.6 is 11.3 Å². The van der Waals surface area contributed by atoms with E-state index < -0.39 is 0 Å². The third-order valence-electron chi connectivity index (χ3n) is 3.20. The molecule has 1 heterocycles. The highest BCUT2D eigenvalue weighted by molar-refractivity contribution is 7.11. The number of nitrogens with one attached hydrogen (secondary N) is 2. The van der Waals surface area contributed by atoms with E-state index >= 15 is 0 Å². The lowest BCUT2D eigenvalue weighted by Gasteiger charge is -2.29. The number of aryl methyl sites for hydroxylation is 2. The first-order chi connectivity index (χ1) is 10.2. The van der Waals surface area contributed by atoms with E-state index in [1.54, 1.807) is 11.3 Å². The Morgan fingerprint density at radius 1 is 1.27 bits per heavy atom. The number of hydrogen-bond donors (Lipinski definition) is 2. The zero-order chi connectivity index (χ0) is 16.8. The number of rotatable bonds is 7. The molecule has 0 atom stereocenters. The number of hydrogen-bond acceptors (Lipinski definition) is 4. The highest BCUT2D eigenvalue weighted by atomic mass is 32.1. The third kappa shape index (κ3) is 6.75. The van der Waals surface area contributed by atoms with Crippen molar-refractivity contribution in [2.24, 2.45) is 10.4 Å². The van der Waals surface area contributed by atoms with E-state index in [0.29, 0.717) is 6.54 Å². The van der Waals surface area contributed by atoms with Gasteiger partial charge in [0, 0.05) is 24.5 Å². The van der Waals surface area contributed by atoms with Crippen LogP contribution in [-0.4, -0.2) is 49.6 Å². The van der Waals surface area contributed by atoms with Crippen LogP contribution in [0, 0.1) is 19.3 Å². The number of nitrogens with zero attached hydrogens (tertiary/aromatic N) is 3. The molecule has 0 aliphatic heterocycles. The van der Waals surface area contributed by atoms with Gasteiger partial charge in [0.25, 0.3) is 0 Å². The molecule has 5 nitrogen and oxygen atoms in total. The number of aliphatic imine (C=N–C) groups is 1. The Morgan fingerprint density at radius 3 is 2.45 bits per heavy atom. The number of guanidine groups is 1. The van der Waals surface area contributed by atoms with Gasteiger partial charge in [0.05, 0.1) is 17.2 Å². The van der Waals surface area contributed by atoms with E-state index in [1.165, 1.54) is 4.88 Å². The van der Waals surface area contributed by atoms with E-state index in [2.05, 4.69) is 62.3 Å². The molecule has 0 unspecified atom stereocenters. The second kappa shape index (κ2) is 8.48. The minimum Gasteiger partial charge on any atom is -0.357 e. The second-order valence-electron chi connectivity index (χ2n) is 6.69. The van der Waals surface area contributed by atoms with Crippen molar-refractivity contribution >= 4 is 17.3 Å². The van der Waals surface area contributed by atoms with Crippen molar-refractivity contribution in [2.45, 2.75) is 41.2 Å². The smallest absolute Gasteiger partial charge is 0.191 e. The molecule has 22 heavy (non-hydrogen) atoms. The minimum absolute atomic E-state index is 0.191. The van der Waals surface area contributed by atoms with E-state index in [9.17, 15) is 0 Å². The SMILES string of the molecule is CCNC(=NCc1sc(C)nc1C)NCC(C)(C)CN(C)C. The van der Waals surface area contributed by atoms with Crippen molar-refractivity contribution in [3.05, 3.63) is 15.6 Å². The molecular weight excluding hydrogens is 294 g/mol. The summed E-state index contributed by atoms with van der Waals surface area (Å²) >= 11 is 1.73. The molecule has 0 bridgehead atoms. The summed E-state index contributed by atoms with van der Waals surface area (Å²) in [5.74, 6) is 0.875. The Bertz CT molecular complexity index is 491. The van der Waals surface area contributed by atoms with Gasteiger partial charge in [-0.05, 0) is 40.3 Å². The van der Waals surface area contributed by atoms with Gasteiger partial charge < -0.3 is 15.5 Å². The van der Waals surface area contributed by atoms with Gasteiger partial charge in [-0.15, -0.1) is 11.3 Å². The van der Waals surface area contributed by atoms with Crippen LogP contribution in [0.2, 0.25) is 0 Å². The molecule has 0 radical (unpaired) electrons. The largest absolute Gasteiger partial charge is 0.357 e. The quantitative estimate of drug-likeness (QED) is 0.597. The molecule has 0 aliphatic carbocycles. The van der Waals surface area contributed by atoms with Crippen LogP contribution in [-0.2, 0) is 6.54 Å². The lowest BCUT2D eigenvalue weighted by Crippen LogP contribution is -2.44. The lowest BCUT2D eigenvalue weighted by atomic mass is 9.93. The molecule has 1 rings (SSSR count). The average Bonchev–Trinajstić information content (AvgIpc) is 2.70. The molecule has 1 aromatic rings. The highest BCUT2D eigenvalue weighted by Crippen LogP contribution is 2.18. The monoisotopic (exact) mass is 325 g/mol. The zero-order valence-electron chi connectivity index (χ0n) is 15.1. The summed E-state index contributed by atoms with van der Waals surface area (Å²) < 4.78 is 0. The van der Waals surface area contributed by atoms with Gasteiger partial charge >= 0.3 is 0 Å². The molecule has 0 aromatic carbocycles. The Morgan fingerprint density at radius 2 is 1.95 bits per heavy atom. The molecule has 0 aliphatic rings. The van der Waals surface area contributed by atoms with Crippen molar-refractivity contribution in [2.75, 3.05) is 33.7 Å². The lowest BCUT2D eigenvalue weighted by molar-refractivity contribution is 0.241. The highest BCUT2D eigenvalue weighted by Gasteiger charge is 2.19. The average molecular weight is 326 g/mol. The van der Waals surface area contributed by atoms with Crippen LogP contribution in [0.25, 0.3) is 0 Å². The maximum atomic E-state index is 4.69.